The van der Waals surface area contributed by atoms with E-state index in [2.05, 4.69) is 13.0 Å². The van der Waals surface area contributed by atoms with Crippen LogP contribution in [0.3, 0.4) is 0 Å². The van der Waals surface area contributed by atoms with Crippen molar-refractivity contribution in [2.45, 2.75) is 44.4 Å². The molecule has 120 valence electrons. The highest BCUT2D eigenvalue weighted by molar-refractivity contribution is 5.88. The SMILES string of the molecule is CC1(c2cc(-c3ccc(C(=O)O)cc3)ccc2O)CCCCC1. The van der Waals surface area contributed by atoms with E-state index in [1.54, 1.807) is 18.2 Å². The first kappa shape index (κ1) is 15.6. The standard InChI is InChI=1S/C20H22O3/c1-20(11-3-2-4-12-20)17-13-16(9-10-18(17)21)14-5-7-15(8-6-14)19(22)23/h5-10,13,21H,2-4,11-12H2,1H3,(H,22,23). The summed E-state index contributed by atoms with van der Waals surface area (Å²) in [6.07, 6.45) is 5.87. The summed E-state index contributed by atoms with van der Waals surface area (Å²) in [5, 5.41) is 19.3. The summed E-state index contributed by atoms with van der Waals surface area (Å²) >= 11 is 0. The van der Waals surface area contributed by atoms with Gasteiger partial charge in [-0.25, -0.2) is 4.79 Å². The number of aromatic hydroxyl groups is 1. The van der Waals surface area contributed by atoms with E-state index in [-0.39, 0.29) is 11.0 Å². The Labute approximate surface area is 136 Å². The number of carbonyl (C=O) groups is 1. The van der Waals surface area contributed by atoms with E-state index >= 15 is 0 Å². The van der Waals surface area contributed by atoms with Gasteiger partial charge in [-0.2, -0.15) is 0 Å². The van der Waals surface area contributed by atoms with E-state index in [4.69, 9.17) is 5.11 Å². The van der Waals surface area contributed by atoms with Crippen LogP contribution in [0.4, 0.5) is 0 Å². The highest BCUT2D eigenvalue weighted by Gasteiger charge is 2.31. The van der Waals surface area contributed by atoms with Gasteiger partial charge in [-0.3, -0.25) is 0 Å². The summed E-state index contributed by atoms with van der Waals surface area (Å²) in [7, 11) is 0. The third kappa shape index (κ3) is 3.09. The Morgan fingerprint density at radius 2 is 1.57 bits per heavy atom. The van der Waals surface area contributed by atoms with Crippen LogP contribution >= 0.6 is 0 Å². The maximum absolute atomic E-state index is 11.0. The van der Waals surface area contributed by atoms with Crippen molar-refractivity contribution in [1.29, 1.82) is 0 Å². The molecule has 2 aromatic rings. The molecule has 0 atom stereocenters. The highest BCUT2D eigenvalue weighted by atomic mass is 16.4. The molecule has 0 aliphatic heterocycles. The lowest BCUT2D eigenvalue weighted by molar-refractivity contribution is 0.0697. The third-order valence-corrected chi connectivity index (χ3v) is 5.07. The Morgan fingerprint density at radius 1 is 0.957 bits per heavy atom. The molecule has 1 aliphatic carbocycles. The fourth-order valence-corrected chi connectivity index (χ4v) is 3.61. The molecule has 3 rings (SSSR count). The summed E-state index contributed by atoms with van der Waals surface area (Å²) in [6.45, 7) is 2.23. The van der Waals surface area contributed by atoms with Gasteiger partial charge in [-0.05, 0) is 53.6 Å². The lowest BCUT2D eigenvalue weighted by atomic mass is 9.70. The second kappa shape index (κ2) is 6.07. The zero-order valence-corrected chi connectivity index (χ0v) is 13.4. The van der Waals surface area contributed by atoms with Gasteiger partial charge in [-0.1, -0.05) is 44.4 Å². The Balaban J connectivity index is 1.98. The Bertz CT molecular complexity index is 710. The van der Waals surface area contributed by atoms with Gasteiger partial charge in [0, 0.05) is 5.56 Å². The Kier molecular flexibility index (Phi) is 4.12. The van der Waals surface area contributed by atoms with Crippen molar-refractivity contribution in [3.05, 3.63) is 53.6 Å². The molecular formula is C20H22O3. The van der Waals surface area contributed by atoms with Crippen molar-refractivity contribution in [3.8, 4) is 16.9 Å². The van der Waals surface area contributed by atoms with Crippen molar-refractivity contribution >= 4 is 5.97 Å². The second-order valence-electron chi connectivity index (χ2n) is 6.74. The van der Waals surface area contributed by atoms with Crippen LogP contribution in [0.5, 0.6) is 5.75 Å². The molecular weight excluding hydrogens is 288 g/mol. The molecule has 0 bridgehead atoms. The number of aromatic carboxylic acids is 1. The summed E-state index contributed by atoms with van der Waals surface area (Å²) < 4.78 is 0. The van der Waals surface area contributed by atoms with Crippen LogP contribution in [0.25, 0.3) is 11.1 Å². The molecule has 23 heavy (non-hydrogen) atoms. The number of phenolic OH excluding ortho intramolecular Hbond substituents is 1. The number of carboxylic acid groups (broad SMARTS) is 1. The average molecular weight is 310 g/mol. The highest BCUT2D eigenvalue weighted by Crippen LogP contribution is 2.43. The van der Waals surface area contributed by atoms with E-state index in [1.807, 2.05) is 18.2 Å². The van der Waals surface area contributed by atoms with Crippen molar-refractivity contribution in [3.63, 3.8) is 0 Å². The van der Waals surface area contributed by atoms with Gasteiger partial charge in [0.05, 0.1) is 5.56 Å². The minimum absolute atomic E-state index is 0.0271. The number of rotatable bonds is 3. The largest absolute Gasteiger partial charge is 0.508 e. The molecule has 0 radical (unpaired) electrons. The summed E-state index contributed by atoms with van der Waals surface area (Å²) in [4.78, 5) is 11.0. The van der Waals surface area contributed by atoms with Gasteiger partial charge in [0.15, 0.2) is 0 Å². The molecule has 0 amide bonds. The molecule has 0 saturated heterocycles. The van der Waals surface area contributed by atoms with Gasteiger partial charge in [-0.15, -0.1) is 0 Å². The van der Waals surface area contributed by atoms with Crippen molar-refractivity contribution in [2.24, 2.45) is 0 Å². The van der Waals surface area contributed by atoms with Gasteiger partial charge < -0.3 is 10.2 Å². The molecule has 2 N–H and O–H groups in total. The van der Waals surface area contributed by atoms with Crippen molar-refractivity contribution in [1.82, 2.24) is 0 Å². The number of carboxylic acids is 1. The van der Waals surface area contributed by atoms with Crippen LogP contribution in [-0.4, -0.2) is 16.2 Å². The lowest BCUT2D eigenvalue weighted by Crippen LogP contribution is -2.25. The number of hydrogen-bond acceptors (Lipinski definition) is 2. The van der Waals surface area contributed by atoms with E-state index < -0.39 is 5.97 Å². The third-order valence-electron chi connectivity index (χ3n) is 5.07. The Morgan fingerprint density at radius 3 is 2.17 bits per heavy atom. The first-order chi connectivity index (χ1) is 11.0. The summed E-state index contributed by atoms with van der Waals surface area (Å²) in [5.41, 5.74) is 3.31. The maximum atomic E-state index is 11.0. The number of phenols is 1. The predicted molar refractivity (Wildman–Crippen MR) is 90.9 cm³/mol. The smallest absolute Gasteiger partial charge is 0.335 e. The van der Waals surface area contributed by atoms with E-state index in [0.29, 0.717) is 5.75 Å². The van der Waals surface area contributed by atoms with Crippen LogP contribution in [0.2, 0.25) is 0 Å². The lowest BCUT2D eigenvalue weighted by Gasteiger charge is -2.34. The van der Waals surface area contributed by atoms with E-state index in [0.717, 1.165) is 29.5 Å². The topological polar surface area (TPSA) is 57.5 Å². The molecule has 1 fully saturated rings. The zero-order chi connectivity index (χ0) is 16.4. The second-order valence-corrected chi connectivity index (χ2v) is 6.74. The molecule has 3 heteroatoms. The maximum Gasteiger partial charge on any atom is 0.335 e. The van der Waals surface area contributed by atoms with Crippen LogP contribution < -0.4 is 0 Å². The quantitative estimate of drug-likeness (QED) is 0.840. The van der Waals surface area contributed by atoms with E-state index in [9.17, 15) is 9.90 Å². The van der Waals surface area contributed by atoms with E-state index in [1.165, 1.54) is 19.3 Å². The molecule has 0 unspecified atom stereocenters. The van der Waals surface area contributed by atoms with Gasteiger partial charge >= 0.3 is 5.97 Å². The normalized spacial score (nSPS) is 16.9. The average Bonchev–Trinajstić information content (AvgIpc) is 2.56. The summed E-state index contributed by atoms with van der Waals surface area (Å²) in [5.74, 6) is -0.557. The molecule has 0 spiro atoms. The fraction of sp³-hybridized carbons (Fsp3) is 0.350. The predicted octanol–water partition coefficient (Wildman–Crippen LogP) is 4.98. The van der Waals surface area contributed by atoms with Crippen LogP contribution in [0, 0.1) is 0 Å². The molecule has 2 aromatic carbocycles. The molecule has 1 saturated carbocycles. The first-order valence-electron chi connectivity index (χ1n) is 8.17. The van der Waals surface area contributed by atoms with Crippen LogP contribution in [0.15, 0.2) is 42.5 Å². The summed E-state index contributed by atoms with van der Waals surface area (Å²) in [6, 6.07) is 12.6. The van der Waals surface area contributed by atoms with Gasteiger partial charge in [0.1, 0.15) is 5.75 Å². The number of hydrogen-bond donors (Lipinski definition) is 2. The molecule has 1 aliphatic rings. The number of benzene rings is 2. The van der Waals surface area contributed by atoms with Crippen LogP contribution in [0.1, 0.15) is 54.9 Å². The molecule has 0 heterocycles. The molecule has 0 aromatic heterocycles. The first-order valence-corrected chi connectivity index (χ1v) is 8.17. The fourth-order valence-electron chi connectivity index (χ4n) is 3.61. The minimum atomic E-state index is -0.919. The van der Waals surface area contributed by atoms with Gasteiger partial charge in [0.2, 0.25) is 0 Å². The molecule has 3 nitrogen and oxygen atoms in total. The van der Waals surface area contributed by atoms with Gasteiger partial charge in [0.25, 0.3) is 0 Å². The van der Waals surface area contributed by atoms with Crippen LogP contribution in [-0.2, 0) is 5.41 Å². The Hall–Kier alpha value is -2.29. The zero-order valence-electron chi connectivity index (χ0n) is 13.4. The monoisotopic (exact) mass is 310 g/mol. The minimum Gasteiger partial charge on any atom is -0.508 e. The van der Waals surface area contributed by atoms with Crippen molar-refractivity contribution < 1.29 is 15.0 Å². The van der Waals surface area contributed by atoms with Crippen molar-refractivity contribution in [2.75, 3.05) is 0 Å².